The molecule has 29 heavy (non-hydrogen) atoms. The molecule has 1 saturated heterocycles. The number of nitrogens with zero attached hydrogens (tertiary/aromatic N) is 1. The number of rotatable bonds is 4. The summed E-state index contributed by atoms with van der Waals surface area (Å²) in [6, 6.07) is 20.3. The van der Waals surface area contributed by atoms with Crippen LogP contribution in [0.4, 0.5) is 5.69 Å². The Morgan fingerprint density at radius 2 is 1.86 bits per heavy atom. The van der Waals surface area contributed by atoms with Crippen molar-refractivity contribution in [3.05, 3.63) is 77.4 Å². The number of nitrogens with one attached hydrogen (secondary N) is 2. The van der Waals surface area contributed by atoms with Crippen LogP contribution < -0.4 is 15.5 Å². The molecule has 3 aromatic carbocycles. The minimum Gasteiger partial charge on any atom is -0.352 e. The number of carbonyl (C=O) groups is 2. The van der Waals surface area contributed by atoms with Gasteiger partial charge in [0.2, 0.25) is 11.8 Å². The van der Waals surface area contributed by atoms with Crippen molar-refractivity contribution >= 4 is 28.3 Å². The quantitative estimate of drug-likeness (QED) is 0.725. The zero-order valence-electron chi connectivity index (χ0n) is 16.2. The number of hydrogen-bond acceptors (Lipinski definition) is 3. The minimum atomic E-state index is -0.322. The molecule has 1 atom stereocenters. The van der Waals surface area contributed by atoms with Crippen molar-refractivity contribution < 1.29 is 9.59 Å². The summed E-state index contributed by atoms with van der Waals surface area (Å²) in [5, 5.41) is 8.49. The predicted octanol–water partition coefficient (Wildman–Crippen LogP) is 3.11. The van der Waals surface area contributed by atoms with E-state index in [1.54, 1.807) is 4.90 Å². The third kappa shape index (κ3) is 3.38. The van der Waals surface area contributed by atoms with Crippen LogP contribution >= 0.6 is 0 Å². The zero-order valence-corrected chi connectivity index (χ0v) is 16.2. The first-order valence-corrected chi connectivity index (χ1v) is 10.1. The van der Waals surface area contributed by atoms with Gasteiger partial charge < -0.3 is 15.5 Å². The molecule has 5 heteroatoms. The van der Waals surface area contributed by atoms with Gasteiger partial charge in [-0.05, 0) is 28.1 Å². The van der Waals surface area contributed by atoms with Crippen molar-refractivity contribution in [2.45, 2.75) is 26.1 Å². The van der Waals surface area contributed by atoms with Gasteiger partial charge in [-0.15, -0.1) is 0 Å². The molecule has 0 spiro atoms. The molecule has 0 aromatic heterocycles. The van der Waals surface area contributed by atoms with Crippen LogP contribution in [0.1, 0.15) is 23.1 Å². The van der Waals surface area contributed by atoms with Gasteiger partial charge in [-0.2, -0.15) is 0 Å². The molecule has 0 aliphatic carbocycles. The Morgan fingerprint density at radius 3 is 2.79 bits per heavy atom. The minimum absolute atomic E-state index is 0.00473. The van der Waals surface area contributed by atoms with E-state index in [9.17, 15) is 9.59 Å². The highest BCUT2D eigenvalue weighted by atomic mass is 16.2. The van der Waals surface area contributed by atoms with E-state index >= 15 is 0 Å². The summed E-state index contributed by atoms with van der Waals surface area (Å²) in [5.41, 5.74) is 4.60. The van der Waals surface area contributed by atoms with Crippen LogP contribution in [0.2, 0.25) is 0 Å². The van der Waals surface area contributed by atoms with Gasteiger partial charge in [0.15, 0.2) is 0 Å². The van der Waals surface area contributed by atoms with Crippen molar-refractivity contribution in [2.75, 3.05) is 11.4 Å². The maximum Gasteiger partial charge on any atom is 0.227 e. The lowest BCUT2D eigenvalue weighted by Crippen LogP contribution is -2.32. The van der Waals surface area contributed by atoms with E-state index in [1.807, 2.05) is 42.5 Å². The molecule has 2 aliphatic heterocycles. The van der Waals surface area contributed by atoms with Gasteiger partial charge in [0, 0.05) is 38.0 Å². The predicted molar refractivity (Wildman–Crippen MR) is 113 cm³/mol. The summed E-state index contributed by atoms with van der Waals surface area (Å²) in [6.07, 6.45) is 0.253. The Bertz CT molecular complexity index is 1100. The van der Waals surface area contributed by atoms with Crippen LogP contribution in [-0.4, -0.2) is 18.4 Å². The number of fused-ring (bicyclic) bond motifs is 2. The molecular weight excluding hydrogens is 362 g/mol. The first-order chi connectivity index (χ1) is 14.2. The highest BCUT2D eigenvalue weighted by Gasteiger charge is 2.35. The Morgan fingerprint density at radius 1 is 1.03 bits per heavy atom. The molecule has 3 aromatic rings. The normalized spacial score (nSPS) is 18.3. The van der Waals surface area contributed by atoms with Crippen LogP contribution in [0.5, 0.6) is 0 Å². The third-order valence-corrected chi connectivity index (χ3v) is 5.92. The van der Waals surface area contributed by atoms with Gasteiger partial charge in [-0.1, -0.05) is 54.6 Å². The Balaban J connectivity index is 1.28. The second-order valence-electron chi connectivity index (χ2n) is 7.83. The lowest BCUT2D eigenvalue weighted by molar-refractivity contribution is -0.126. The molecular formula is C24H23N3O2. The standard InChI is InChI=1S/C24H23N3O2/c28-23-11-20(15-27(23)22-7-3-5-17-4-1-2-6-21(17)22)24(29)26-12-16-8-9-18-13-25-14-19(18)10-16/h1-10,20,25H,11-15H2,(H,26,29). The average molecular weight is 385 g/mol. The van der Waals surface area contributed by atoms with Gasteiger partial charge in [0.05, 0.1) is 11.6 Å². The zero-order chi connectivity index (χ0) is 19.8. The van der Waals surface area contributed by atoms with Crippen LogP contribution in [-0.2, 0) is 29.2 Å². The number of anilines is 1. The summed E-state index contributed by atoms with van der Waals surface area (Å²) in [7, 11) is 0. The van der Waals surface area contributed by atoms with Crippen LogP contribution in [0.25, 0.3) is 10.8 Å². The lowest BCUT2D eigenvalue weighted by atomic mass is 10.1. The summed E-state index contributed by atoms with van der Waals surface area (Å²) >= 11 is 0. The summed E-state index contributed by atoms with van der Waals surface area (Å²) in [4.78, 5) is 27.2. The Kier molecular flexibility index (Phi) is 4.52. The molecule has 1 fully saturated rings. The van der Waals surface area contributed by atoms with Gasteiger partial charge in [-0.25, -0.2) is 0 Å². The molecule has 0 saturated carbocycles. The first-order valence-electron chi connectivity index (χ1n) is 10.1. The van der Waals surface area contributed by atoms with Gasteiger partial charge in [-0.3, -0.25) is 9.59 Å². The first kappa shape index (κ1) is 17.9. The molecule has 1 unspecified atom stereocenters. The van der Waals surface area contributed by atoms with Gasteiger partial charge in [0.1, 0.15) is 0 Å². The average Bonchev–Trinajstić information content (AvgIpc) is 3.37. The van der Waals surface area contributed by atoms with E-state index in [4.69, 9.17) is 0 Å². The van der Waals surface area contributed by atoms with E-state index in [0.29, 0.717) is 13.1 Å². The summed E-state index contributed by atoms with van der Waals surface area (Å²) < 4.78 is 0. The molecule has 2 N–H and O–H groups in total. The lowest BCUT2D eigenvalue weighted by Gasteiger charge is -2.19. The fourth-order valence-electron chi connectivity index (χ4n) is 4.35. The van der Waals surface area contributed by atoms with Crippen LogP contribution in [0, 0.1) is 5.92 Å². The molecule has 0 radical (unpaired) electrons. The maximum absolute atomic E-state index is 12.7. The molecule has 5 nitrogen and oxygen atoms in total. The van der Waals surface area contributed by atoms with Crippen molar-refractivity contribution in [1.29, 1.82) is 0 Å². The smallest absolute Gasteiger partial charge is 0.227 e. The molecule has 2 amide bonds. The Hall–Kier alpha value is -3.18. The number of amides is 2. The van der Waals surface area contributed by atoms with E-state index < -0.39 is 0 Å². The van der Waals surface area contributed by atoms with E-state index in [-0.39, 0.29) is 24.2 Å². The number of hydrogen-bond donors (Lipinski definition) is 2. The fourth-order valence-corrected chi connectivity index (χ4v) is 4.35. The molecule has 2 aliphatic rings. The second kappa shape index (κ2) is 7.33. The maximum atomic E-state index is 12.7. The van der Waals surface area contributed by atoms with Gasteiger partial charge >= 0.3 is 0 Å². The van der Waals surface area contributed by atoms with E-state index in [1.165, 1.54) is 11.1 Å². The fraction of sp³-hybridized carbons (Fsp3) is 0.250. The number of carbonyl (C=O) groups excluding carboxylic acids is 2. The van der Waals surface area contributed by atoms with E-state index in [2.05, 4.69) is 28.8 Å². The topological polar surface area (TPSA) is 61.4 Å². The second-order valence-corrected chi connectivity index (χ2v) is 7.83. The highest BCUT2D eigenvalue weighted by Crippen LogP contribution is 2.31. The molecule has 2 heterocycles. The van der Waals surface area contributed by atoms with E-state index in [0.717, 1.165) is 35.1 Å². The summed E-state index contributed by atoms with van der Waals surface area (Å²) in [5.74, 6) is -0.373. The molecule has 146 valence electrons. The van der Waals surface area contributed by atoms with Crippen LogP contribution in [0.15, 0.2) is 60.7 Å². The van der Waals surface area contributed by atoms with Crippen molar-refractivity contribution in [1.82, 2.24) is 10.6 Å². The van der Waals surface area contributed by atoms with Crippen LogP contribution in [0.3, 0.4) is 0 Å². The molecule has 0 bridgehead atoms. The van der Waals surface area contributed by atoms with Crippen molar-refractivity contribution in [2.24, 2.45) is 5.92 Å². The Labute approximate surface area is 169 Å². The molecule has 5 rings (SSSR count). The third-order valence-electron chi connectivity index (χ3n) is 5.92. The number of benzene rings is 3. The largest absolute Gasteiger partial charge is 0.352 e. The monoisotopic (exact) mass is 385 g/mol. The SMILES string of the molecule is O=C(NCc1ccc2c(c1)CNC2)C1CC(=O)N(c2cccc3ccccc23)C1. The van der Waals surface area contributed by atoms with Crippen molar-refractivity contribution in [3.63, 3.8) is 0 Å². The summed E-state index contributed by atoms with van der Waals surface area (Å²) in [6.45, 7) is 2.71. The van der Waals surface area contributed by atoms with Crippen molar-refractivity contribution in [3.8, 4) is 0 Å². The highest BCUT2D eigenvalue weighted by molar-refractivity contribution is 6.06. The van der Waals surface area contributed by atoms with Gasteiger partial charge in [0.25, 0.3) is 0 Å².